The fraction of sp³-hybridized carbons (Fsp3) is 0.250. The van der Waals surface area contributed by atoms with E-state index < -0.39 is 40.6 Å². The maximum atomic E-state index is 13.5. The number of carbonyl (C=O) groups excluding carboxylic acids is 2. The van der Waals surface area contributed by atoms with Gasteiger partial charge in [0.2, 0.25) is 5.91 Å². The molecule has 1 atom stereocenters. The van der Waals surface area contributed by atoms with Gasteiger partial charge >= 0.3 is 6.18 Å². The number of nitrogens with one attached hydrogen (secondary N) is 3. The first-order valence-corrected chi connectivity index (χ1v) is 10.9. The van der Waals surface area contributed by atoms with Crippen LogP contribution < -0.4 is 21.7 Å². The molecule has 1 aliphatic heterocycles. The SMILES string of the molecule is C=CN=C/C(=C\N)C(=O)N[C@@]1(C(=O)NCc2ccc(Nc3cc(F)ccc3C(F)(F)F)cn2)CCOC1. The third kappa shape index (κ3) is 6.91. The second kappa shape index (κ2) is 11.6. The summed E-state index contributed by atoms with van der Waals surface area (Å²) in [6, 6.07) is 5.03. The van der Waals surface area contributed by atoms with Crippen molar-refractivity contribution in [1.82, 2.24) is 15.6 Å². The molecule has 196 valence electrons. The molecule has 0 saturated carbocycles. The minimum absolute atomic E-state index is 0.0238. The average molecular weight is 520 g/mol. The van der Waals surface area contributed by atoms with Crippen LogP contribution in [0.5, 0.6) is 0 Å². The fourth-order valence-corrected chi connectivity index (χ4v) is 3.46. The molecule has 1 aromatic carbocycles. The molecule has 0 aliphatic carbocycles. The van der Waals surface area contributed by atoms with Gasteiger partial charge < -0.3 is 26.4 Å². The predicted molar refractivity (Wildman–Crippen MR) is 128 cm³/mol. The zero-order valence-corrected chi connectivity index (χ0v) is 19.4. The number of nitrogens with zero attached hydrogens (tertiary/aromatic N) is 2. The molecule has 37 heavy (non-hydrogen) atoms. The van der Waals surface area contributed by atoms with E-state index in [1.165, 1.54) is 30.7 Å². The molecule has 0 spiro atoms. The Morgan fingerprint density at radius 2 is 2.05 bits per heavy atom. The molecule has 5 N–H and O–H groups in total. The van der Waals surface area contributed by atoms with Crippen molar-refractivity contribution in [3.63, 3.8) is 0 Å². The number of anilines is 2. The Bertz CT molecular complexity index is 1210. The van der Waals surface area contributed by atoms with Gasteiger partial charge in [0.1, 0.15) is 11.4 Å². The molecule has 2 aromatic rings. The van der Waals surface area contributed by atoms with Crippen LogP contribution in [-0.4, -0.2) is 41.8 Å². The van der Waals surface area contributed by atoms with Crippen molar-refractivity contribution in [3.8, 4) is 0 Å². The first-order chi connectivity index (χ1) is 17.6. The van der Waals surface area contributed by atoms with Crippen molar-refractivity contribution < 1.29 is 31.9 Å². The van der Waals surface area contributed by atoms with Gasteiger partial charge in [-0.15, -0.1) is 0 Å². The lowest BCUT2D eigenvalue weighted by molar-refractivity contribution is -0.137. The summed E-state index contributed by atoms with van der Waals surface area (Å²) in [5, 5.41) is 7.83. The van der Waals surface area contributed by atoms with Crippen molar-refractivity contribution in [1.29, 1.82) is 0 Å². The van der Waals surface area contributed by atoms with E-state index in [1.807, 2.05) is 0 Å². The number of amides is 2. The normalized spacial score (nSPS) is 18.0. The number of hydrogen-bond acceptors (Lipinski definition) is 7. The summed E-state index contributed by atoms with van der Waals surface area (Å²) in [5.41, 5.74) is 3.23. The number of alkyl halides is 3. The lowest BCUT2D eigenvalue weighted by atomic mass is 9.96. The van der Waals surface area contributed by atoms with E-state index >= 15 is 0 Å². The number of pyridine rings is 1. The van der Waals surface area contributed by atoms with Crippen LogP contribution in [0.1, 0.15) is 17.7 Å². The second-order valence-electron chi connectivity index (χ2n) is 7.96. The monoisotopic (exact) mass is 520 g/mol. The standard InChI is InChI=1S/C24H24F4N6O3/c1-2-30-11-15(10-29)21(35)34-23(7-8-37-14-23)22(36)32-12-17-4-5-18(13-31-17)33-20-9-16(25)3-6-19(20)24(26,27)28/h2-6,9-11,13,33H,1,7-8,12,14,29H2,(H,32,36)(H,34,35)/b15-10+,30-11?/t23-/m0/s1. The number of halogens is 4. The van der Waals surface area contributed by atoms with Gasteiger partial charge in [0.25, 0.3) is 5.91 Å². The van der Waals surface area contributed by atoms with E-state index in [1.54, 1.807) is 0 Å². The van der Waals surface area contributed by atoms with Crippen LogP contribution >= 0.6 is 0 Å². The van der Waals surface area contributed by atoms with Crippen molar-refractivity contribution in [2.45, 2.75) is 24.7 Å². The maximum absolute atomic E-state index is 13.5. The van der Waals surface area contributed by atoms with Gasteiger partial charge in [0.05, 0.1) is 47.6 Å². The molecular formula is C24H24F4N6O3. The van der Waals surface area contributed by atoms with E-state index in [9.17, 15) is 27.2 Å². The van der Waals surface area contributed by atoms with E-state index in [0.29, 0.717) is 11.8 Å². The Labute approximate surface area is 209 Å². The first-order valence-electron chi connectivity index (χ1n) is 10.9. The van der Waals surface area contributed by atoms with Gasteiger partial charge in [-0.3, -0.25) is 19.6 Å². The Balaban J connectivity index is 1.66. The van der Waals surface area contributed by atoms with E-state index in [4.69, 9.17) is 10.5 Å². The van der Waals surface area contributed by atoms with Gasteiger partial charge in [-0.2, -0.15) is 13.2 Å². The van der Waals surface area contributed by atoms with Crippen LogP contribution in [0.2, 0.25) is 0 Å². The number of carbonyl (C=O) groups is 2. The lowest BCUT2D eigenvalue weighted by Gasteiger charge is -2.27. The largest absolute Gasteiger partial charge is 0.418 e. The van der Waals surface area contributed by atoms with Crippen molar-refractivity contribution >= 4 is 29.4 Å². The summed E-state index contributed by atoms with van der Waals surface area (Å²) in [6.45, 7) is 3.56. The molecule has 9 nitrogen and oxygen atoms in total. The van der Waals surface area contributed by atoms with E-state index in [2.05, 4.69) is 32.5 Å². The highest BCUT2D eigenvalue weighted by Gasteiger charge is 2.44. The number of benzene rings is 1. The minimum atomic E-state index is -4.68. The first kappa shape index (κ1) is 27.3. The van der Waals surface area contributed by atoms with Crippen LogP contribution in [0.4, 0.5) is 28.9 Å². The van der Waals surface area contributed by atoms with Crippen LogP contribution in [0.25, 0.3) is 0 Å². The van der Waals surface area contributed by atoms with Crippen LogP contribution in [0.15, 0.2) is 66.1 Å². The maximum Gasteiger partial charge on any atom is 0.418 e. The predicted octanol–water partition coefficient (Wildman–Crippen LogP) is 2.93. The second-order valence-corrected chi connectivity index (χ2v) is 7.96. The summed E-state index contributed by atoms with van der Waals surface area (Å²) in [5.74, 6) is -1.98. The third-order valence-corrected chi connectivity index (χ3v) is 5.39. The Morgan fingerprint density at radius 1 is 1.27 bits per heavy atom. The van der Waals surface area contributed by atoms with Gasteiger partial charge in [0, 0.05) is 31.6 Å². The average Bonchev–Trinajstić information content (AvgIpc) is 3.33. The van der Waals surface area contributed by atoms with E-state index in [0.717, 1.165) is 18.3 Å². The molecule has 1 fully saturated rings. The summed E-state index contributed by atoms with van der Waals surface area (Å²) >= 11 is 0. The molecule has 3 rings (SSSR count). The fourth-order valence-electron chi connectivity index (χ4n) is 3.46. The lowest BCUT2D eigenvalue weighted by Crippen LogP contribution is -2.59. The van der Waals surface area contributed by atoms with Gasteiger partial charge in [-0.25, -0.2) is 4.39 Å². The molecule has 1 aromatic heterocycles. The van der Waals surface area contributed by atoms with Gasteiger partial charge in [-0.05, 0) is 30.3 Å². The highest BCUT2D eigenvalue weighted by molar-refractivity contribution is 6.13. The molecule has 13 heteroatoms. The Hall–Kier alpha value is -4.26. The van der Waals surface area contributed by atoms with Crippen molar-refractivity contribution in [2.75, 3.05) is 18.5 Å². The molecule has 1 aliphatic rings. The van der Waals surface area contributed by atoms with Crippen molar-refractivity contribution in [2.24, 2.45) is 10.7 Å². The Kier molecular flexibility index (Phi) is 8.60. The zero-order chi connectivity index (χ0) is 27.1. The summed E-state index contributed by atoms with van der Waals surface area (Å²) in [6.07, 6.45) is 0.253. The van der Waals surface area contributed by atoms with Gasteiger partial charge in [-0.1, -0.05) is 6.58 Å². The van der Waals surface area contributed by atoms with Crippen LogP contribution in [-0.2, 0) is 27.0 Å². The number of nitrogens with two attached hydrogens (primary N) is 1. The Morgan fingerprint density at radius 3 is 2.65 bits per heavy atom. The molecule has 1 saturated heterocycles. The minimum Gasteiger partial charge on any atom is -0.404 e. The highest BCUT2D eigenvalue weighted by atomic mass is 19.4. The number of rotatable bonds is 9. The number of aliphatic imine (C=N–C) groups is 1. The van der Waals surface area contributed by atoms with Gasteiger partial charge in [0.15, 0.2) is 0 Å². The molecule has 0 radical (unpaired) electrons. The molecule has 0 bridgehead atoms. The number of hydrogen-bond donors (Lipinski definition) is 4. The topological polar surface area (TPSA) is 131 Å². The van der Waals surface area contributed by atoms with E-state index in [-0.39, 0.29) is 37.4 Å². The van der Waals surface area contributed by atoms with Crippen molar-refractivity contribution in [3.05, 3.63) is 78.2 Å². The third-order valence-electron chi connectivity index (χ3n) is 5.39. The highest BCUT2D eigenvalue weighted by Crippen LogP contribution is 2.36. The summed E-state index contributed by atoms with van der Waals surface area (Å²) in [4.78, 5) is 33.4. The smallest absolute Gasteiger partial charge is 0.404 e. The van der Waals surface area contributed by atoms with Crippen LogP contribution in [0, 0.1) is 5.82 Å². The quantitative estimate of drug-likeness (QED) is 0.229. The molecule has 0 unspecified atom stereocenters. The van der Waals surface area contributed by atoms with Crippen LogP contribution in [0.3, 0.4) is 0 Å². The summed E-state index contributed by atoms with van der Waals surface area (Å²) in [7, 11) is 0. The number of aromatic nitrogens is 1. The molecule has 2 amide bonds. The zero-order valence-electron chi connectivity index (χ0n) is 19.4. The molecular weight excluding hydrogens is 496 g/mol. The molecule has 2 heterocycles. The number of ether oxygens (including phenoxy) is 1. The summed E-state index contributed by atoms with van der Waals surface area (Å²) < 4.78 is 58.5.